The van der Waals surface area contributed by atoms with Gasteiger partial charge in [0.25, 0.3) is 5.56 Å². The fraction of sp³-hybridized carbons (Fsp3) is 0.118. The molecule has 0 saturated heterocycles. The predicted octanol–water partition coefficient (Wildman–Crippen LogP) is 3.47. The molecule has 0 N–H and O–H groups in total. The van der Waals surface area contributed by atoms with E-state index in [-0.39, 0.29) is 5.56 Å². The molecule has 4 aromatic rings. The van der Waals surface area contributed by atoms with Crippen LogP contribution in [0.4, 0.5) is 0 Å². The monoisotopic (exact) mass is 323 g/mol. The first-order valence-electron chi connectivity index (χ1n) is 7.16. The van der Waals surface area contributed by atoms with Gasteiger partial charge in [-0.3, -0.25) is 9.36 Å². The number of aromatic nitrogens is 3. The molecule has 0 radical (unpaired) electrons. The summed E-state index contributed by atoms with van der Waals surface area (Å²) in [7, 11) is 0. The first-order valence-corrected chi connectivity index (χ1v) is 8.04. The fourth-order valence-corrected chi connectivity index (χ4v) is 3.42. The van der Waals surface area contributed by atoms with Gasteiger partial charge in [0, 0.05) is 11.6 Å². The maximum absolute atomic E-state index is 12.5. The van der Waals surface area contributed by atoms with Gasteiger partial charge >= 0.3 is 0 Å². The molecule has 0 unspecified atom stereocenters. The SMILES string of the molecule is Cc1csc2c(=O)n(Cc3cc(-c4ccccc4)on3)cnc12. The van der Waals surface area contributed by atoms with E-state index in [1.54, 1.807) is 10.9 Å². The summed E-state index contributed by atoms with van der Waals surface area (Å²) in [5.41, 5.74) is 3.42. The Kier molecular flexibility index (Phi) is 3.31. The molecular weight excluding hydrogens is 310 g/mol. The molecule has 0 aliphatic heterocycles. The van der Waals surface area contributed by atoms with Crippen LogP contribution < -0.4 is 5.56 Å². The van der Waals surface area contributed by atoms with E-state index < -0.39 is 0 Å². The lowest BCUT2D eigenvalue weighted by atomic mass is 10.2. The van der Waals surface area contributed by atoms with Gasteiger partial charge in [-0.25, -0.2) is 4.98 Å². The number of hydrogen-bond donors (Lipinski definition) is 0. The van der Waals surface area contributed by atoms with Gasteiger partial charge in [0.2, 0.25) is 0 Å². The average molecular weight is 323 g/mol. The van der Waals surface area contributed by atoms with Crippen LogP contribution in [0.1, 0.15) is 11.3 Å². The van der Waals surface area contributed by atoms with Crippen LogP contribution in [-0.2, 0) is 6.54 Å². The third-order valence-electron chi connectivity index (χ3n) is 3.67. The predicted molar refractivity (Wildman–Crippen MR) is 89.7 cm³/mol. The molecule has 6 heteroatoms. The first kappa shape index (κ1) is 13.9. The van der Waals surface area contributed by atoms with E-state index in [0.717, 1.165) is 16.6 Å². The highest BCUT2D eigenvalue weighted by molar-refractivity contribution is 7.17. The van der Waals surface area contributed by atoms with Gasteiger partial charge in [0.15, 0.2) is 5.76 Å². The summed E-state index contributed by atoms with van der Waals surface area (Å²) in [4.78, 5) is 16.9. The zero-order valence-corrected chi connectivity index (χ0v) is 13.2. The van der Waals surface area contributed by atoms with Crippen molar-refractivity contribution >= 4 is 21.6 Å². The smallest absolute Gasteiger partial charge is 0.271 e. The second-order valence-corrected chi connectivity index (χ2v) is 6.20. The molecule has 0 saturated carbocycles. The van der Waals surface area contributed by atoms with Crippen LogP contribution in [0.25, 0.3) is 21.5 Å². The molecule has 1 aromatic carbocycles. The number of aryl methyl sites for hydroxylation is 1. The Morgan fingerprint density at radius 1 is 1.26 bits per heavy atom. The highest BCUT2D eigenvalue weighted by atomic mass is 32.1. The number of fused-ring (bicyclic) bond motifs is 1. The molecule has 4 rings (SSSR count). The third-order valence-corrected chi connectivity index (χ3v) is 4.75. The maximum Gasteiger partial charge on any atom is 0.271 e. The van der Waals surface area contributed by atoms with E-state index in [1.165, 1.54) is 11.3 Å². The summed E-state index contributed by atoms with van der Waals surface area (Å²) in [5.74, 6) is 0.689. The molecular formula is C17H13N3O2S. The van der Waals surface area contributed by atoms with Crippen LogP contribution in [-0.4, -0.2) is 14.7 Å². The normalized spacial score (nSPS) is 11.2. The van der Waals surface area contributed by atoms with Gasteiger partial charge in [-0.05, 0) is 17.9 Å². The Balaban J connectivity index is 1.68. The minimum atomic E-state index is -0.0441. The molecule has 0 aliphatic carbocycles. The molecule has 0 aliphatic rings. The second-order valence-electron chi connectivity index (χ2n) is 5.32. The second kappa shape index (κ2) is 5.48. The van der Waals surface area contributed by atoms with Crippen molar-refractivity contribution in [2.24, 2.45) is 0 Å². The highest BCUT2D eigenvalue weighted by Gasteiger charge is 2.11. The number of nitrogens with zero attached hydrogens (tertiary/aromatic N) is 3. The van der Waals surface area contributed by atoms with E-state index in [1.807, 2.05) is 48.7 Å². The van der Waals surface area contributed by atoms with Crippen LogP contribution in [0, 0.1) is 6.92 Å². The van der Waals surface area contributed by atoms with Crippen molar-refractivity contribution in [3.8, 4) is 11.3 Å². The summed E-state index contributed by atoms with van der Waals surface area (Å²) in [5, 5.41) is 6.01. The van der Waals surface area contributed by atoms with E-state index in [9.17, 15) is 4.79 Å². The quantitative estimate of drug-likeness (QED) is 0.579. The lowest BCUT2D eigenvalue weighted by Gasteiger charge is -2.01. The number of benzene rings is 1. The molecule has 3 aromatic heterocycles. The third kappa shape index (κ3) is 2.47. The van der Waals surface area contributed by atoms with Crippen molar-refractivity contribution in [2.45, 2.75) is 13.5 Å². The fourth-order valence-electron chi connectivity index (χ4n) is 2.47. The van der Waals surface area contributed by atoms with E-state index in [2.05, 4.69) is 10.1 Å². The molecule has 5 nitrogen and oxygen atoms in total. The largest absolute Gasteiger partial charge is 0.356 e. The molecule has 0 amide bonds. The summed E-state index contributed by atoms with van der Waals surface area (Å²) in [6, 6.07) is 11.6. The maximum atomic E-state index is 12.5. The van der Waals surface area contributed by atoms with Crippen molar-refractivity contribution in [3.63, 3.8) is 0 Å². The Bertz CT molecular complexity index is 1030. The molecule has 114 valence electrons. The van der Waals surface area contributed by atoms with E-state index in [4.69, 9.17) is 4.52 Å². The lowest BCUT2D eigenvalue weighted by molar-refractivity contribution is 0.420. The van der Waals surface area contributed by atoms with Gasteiger partial charge in [-0.2, -0.15) is 0 Å². The van der Waals surface area contributed by atoms with Crippen molar-refractivity contribution in [1.29, 1.82) is 0 Å². The van der Waals surface area contributed by atoms with Crippen molar-refractivity contribution < 1.29 is 4.52 Å². The lowest BCUT2D eigenvalue weighted by Crippen LogP contribution is -2.20. The van der Waals surface area contributed by atoms with Crippen LogP contribution in [0.5, 0.6) is 0 Å². The minimum absolute atomic E-state index is 0.0441. The van der Waals surface area contributed by atoms with Gasteiger partial charge in [-0.1, -0.05) is 35.5 Å². The Hall–Kier alpha value is -2.73. The molecule has 0 fully saturated rings. The van der Waals surface area contributed by atoms with Crippen molar-refractivity contribution in [2.75, 3.05) is 0 Å². The molecule has 0 atom stereocenters. The van der Waals surface area contributed by atoms with Crippen LogP contribution in [0.2, 0.25) is 0 Å². The van der Waals surface area contributed by atoms with E-state index in [0.29, 0.717) is 22.7 Å². The topological polar surface area (TPSA) is 60.9 Å². The van der Waals surface area contributed by atoms with Crippen molar-refractivity contribution in [1.82, 2.24) is 14.7 Å². The Labute approximate surface area is 135 Å². The molecule has 0 bridgehead atoms. The Morgan fingerprint density at radius 2 is 2.09 bits per heavy atom. The standard InChI is InChI=1S/C17H13N3O2S/c1-11-9-23-16-15(11)18-10-20(17(16)21)8-13-7-14(22-19-13)12-5-3-2-4-6-12/h2-7,9-10H,8H2,1H3. The zero-order chi connectivity index (χ0) is 15.8. The van der Waals surface area contributed by atoms with Gasteiger partial charge in [0.05, 0.1) is 18.4 Å². The minimum Gasteiger partial charge on any atom is -0.356 e. The number of rotatable bonds is 3. The summed E-state index contributed by atoms with van der Waals surface area (Å²) in [6.07, 6.45) is 1.57. The Morgan fingerprint density at radius 3 is 2.91 bits per heavy atom. The summed E-state index contributed by atoms with van der Waals surface area (Å²) < 4.78 is 7.61. The van der Waals surface area contributed by atoms with Gasteiger partial charge in [-0.15, -0.1) is 11.3 Å². The van der Waals surface area contributed by atoms with Crippen LogP contribution >= 0.6 is 11.3 Å². The summed E-state index contributed by atoms with van der Waals surface area (Å²) >= 11 is 1.43. The molecule has 3 heterocycles. The van der Waals surface area contributed by atoms with Crippen LogP contribution in [0.3, 0.4) is 0 Å². The van der Waals surface area contributed by atoms with Crippen molar-refractivity contribution in [3.05, 3.63) is 69.7 Å². The number of hydrogen-bond acceptors (Lipinski definition) is 5. The number of thiophene rings is 1. The molecule has 23 heavy (non-hydrogen) atoms. The average Bonchev–Trinajstić information content (AvgIpc) is 3.19. The van der Waals surface area contributed by atoms with Crippen LogP contribution in [0.15, 0.2) is 57.4 Å². The first-order chi connectivity index (χ1) is 11.2. The highest BCUT2D eigenvalue weighted by Crippen LogP contribution is 2.21. The zero-order valence-electron chi connectivity index (χ0n) is 12.4. The van der Waals surface area contributed by atoms with Gasteiger partial charge in [0.1, 0.15) is 10.4 Å². The van der Waals surface area contributed by atoms with E-state index >= 15 is 0 Å². The van der Waals surface area contributed by atoms with Gasteiger partial charge < -0.3 is 4.52 Å². The summed E-state index contributed by atoms with van der Waals surface area (Å²) in [6.45, 7) is 2.30. The molecule has 0 spiro atoms.